The summed E-state index contributed by atoms with van der Waals surface area (Å²) in [5, 5.41) is 6.74. The zero-order valence-corrected chi connectivity index (χ0v) is 11.1. The molecule has 0 aliphatic carbocycles. The Morgan fingerprint density at radius 1 is 1.28 bits per heavy atom. The van der Waals surface area contributed by atoms with E-state index in [9.17, 15) is 9.59 Å². The van der Waals surface area contributed by atoms with Crippen LogP contribution >= 0.6 is 0 Å². The van der Waals surface area contributed by atoms with E-state index >= 15 is 0 Å². The van der Waals surface area contributed by atoms with Gasteiger partial charge in [-0.25, -0.2) is 9.48 Å². The third-order valence-electron chi connectivity index (χ3n) is 2.50. The second kappa shape index (κ2) is 6.95. The molecule has 0 fully saturated rings. The molecule has 1 N–H and O–H groups in total. The Morgan fingerprint density at radius 2 is 2.00 bits per heavy atom. The standard InChI is InChI=1S/C11H20N4O3/c1-4-5-7-18-8-6-12-9-10(16)14(2)11(17)15(3)13-9/h4-8H2,1-3H3,(H,12,13). The molecule has 0 spiro atoms. The highest BCUT2D eigenvalue weighted by atomic mass is 16.5. The molecule has 0 atom stereocenters. The van der Waals surface area contributed by atoms with Crippen molar-refractivity contribution in [2.45, 2.75) is 19.8 Å². The van der Waals surface area contributed by atoms with Gasteiger partial charge in [0.1, 0.15) is 0 Å². The zero-order valence-electron chi connectivity index (χ0n) is 11.1. The molecule has 1 heterocycles. The van der Waals surface area contributed by atoms with Gasteiger partial charge in [0.05, 0.1) is 6.61 Å². The van der Waals surface area contributed by atoms with Gasteiger partial charge in [-0.1, -0.05) is 13.3 Å². The molecule has 0 aliphatic heterocycles. The Kier molecular flexibility index (Phi) is 5.57. The summed E-state index contributed by atoms with van der Waals surface area (Å²) in [6.45, 7) is 3.81. The van der Waals surface area contributed by atoms with Crippen molar-refractivity contribution in [2.24, 2.45) is 14.1 Å². The molecule has 0 bridgehead atoms. The van der Waals surface area contributed by atoms with Gasteiger partial charge in [0.15, 0.2) is 0 Å². The minimum absolute atomic E-state index is 0.165. The fourth-order valence-electron chi connectivity index (χ4n) is 1.40. The van der Waals surface area contributed by atoms with Crippen LogP contribution in [0.4, 0.5) is 5.82 Å². The summed E-state index contributed by atoms with van der Waals surface area (Å²) in [5.74, 6) is 0.165. The van der Waals surface area contributed by atoms with E-state index in [-0.39, 0.29) is 5.82 Å². The minimum atomic E-state index is -0.440. The molecule has 102 valence electrons. The summed E-state index contributed by atoms with van der Waals surface area (Å²) in [7, 11) is 2.93. The van der Waals surface area contributed by atoms with Gasteiger partial charge < -0.3 is 10.1 Å². The number of unbranched alkanes of at least 4 members (excludes halogenated alkanes) is 1. The van der Waals surface area contributed by atoms with Crippen LogP contribution in [0, 0.1) is 0 Å². The van der Waals surface area contributed by atoms with Crippen molar-refractivity contribution in [1.29, 1.82) is 0 Å². The van der Waals surface area contributed by atoms with Gasteiger partial charge in [-0.2, -0.15) is 0 Å². The highest BCUT2D eigenvalue weighted by molar-refractivity contribution is 5.29. The number of hydrogen-bond acceptors (Lipinski definition) is 5. The lowest BCUT2D eigenvalue weighted by atomic mass is 10.4. The molecular formula is C11H20N4O3. The monoisotopic (exact) mass is 256 g/mol. The largest absolute Gasteiger partial charge is 0.380 e. The molecule has 7 nitrogen and oxygen atoms in total. The van der Waals surface area contributed by atoms with Crippen LogP contribution in [0.3, 0.4) is 0 Å². The fraction of sp³-hybridized carbons (Fsp3) is 0.727. The molecule has 0 amide bonds. The molecule has 0 aromatic carbocycles. The summed E-state index contributed by atoms with van der Waals surface area (Å²) in [6, 6.07) is 0. The van der Waals surface area contributed by atoms with Crippen molar-refractivity contribution in [3.8, 4) is 0 Å². The van der Waals surface area contributed by atoms with E-state index in [1.165, 1.54) is 14.1 Å². The van der Waals surface area contributed by atoms with Crippen molar-refractivity contribution >= 4 is 5.82 Å². The lowest BCUT2D eigenvalue weighted by Gasteiger charge is -2.08. The first-order valence-corrected chi connectivity index (χ1v) is 6.04. The SMILES string of the molecule is CCCCOCCNc1nn(C)c(=O)n(C)c1=O. The Hall–Kier alpha value is -1.63. The molecule has 0 saturated heterocycles. The summed E-state index contributed by atoms with van der Waals surface area (Å²) >= 11 is 0. The van der Waals surface area contributed by atoms with E-state index in [4.69, 9.17) is 4.74 Å². The number of anilines is 1. The summed E-state index contributed by atoms with van der Waals surface area (Å²) < 4.78 is 7.50. The van der Waals surface area contributed by atoms with Gasteiger partial charge >= 0.3 is 5.69 Å². The van der Waals surface area contributed by atoms with E-state index in [2.05, 4.69) is 17.3 Å². The maximum atomic E-state index is 11.7. The lowest BCUT2D eigenvalue weighted by molar-refractivity contribution is 0.141. The van der Waals surface area contributed by atoms with Crippen molar-refractivity contribution < 1.29 is 4.74 Å². The van der Waals surface area contributed by atoms with Crippen LogP contribution in [-0.2, 0) is 18.8 Å². The smallest absolute Gasteiger partial charge is 0.346 e. The van der Waals surface area contributed by atoms with Crippen LogP contribution in [0.2, 0.25) is 0 Å². The van der Waals surface area contributed by atoms with Crippen molar-refractivity contribution in [1.82, 2.24) is 14.3 Å². The minimum Gasteiger partial charge on any atom is -0.380 e. The Bertz CT molecular complexity index is 492. The second-order valence-electron chi connectivity index (χ2n) is 4.01. The zero-order chi connectivity index (χ0) is 13.5. The first-order chi connectivity index (χ1) is 8.57. The lowest BCUT2D eigenvalue weighted by Crippen LogP contribution is -2.40. The fourth-order valence-corrected chi connectivity index (χ4v) is 1.40. The van der Waals surface area contributed by atoms with Gasteiger partial charge in [0.2, 0.25) is 5.82 Å². The molecule has 1 rings (SSSR count). The first-order valence-electron chi connectivity index (χ1n) is 6.04. The van der Waals surface area contributed by atoms with Gasteiger partial charge in [0.25, 0.3) is 5.56 Å². The van der Waals surface area contributed by atoms with Gasteiger partial charge in [-0.15, -0.1) is 5.10 Å². The van der Waals surface area contributed by atoms with E-state index in [0.717, 1.165) is 28.7 Å². The second-order valence-corrected chi connectivity index (χ2v) is 4.01. The van der Waals surface area contributed by atoms with Gasteiger partial charge in [-0.3, -0.25) is 9.36 Å². The molecule has 0 radical (unpaired) electrons. The molecule has 0 saturated carbocycles. The Morgan fingerprint density at radius 3 is 2.67 bits per heavy atom. The predicted octanol–water partition coefficient (Wildman–Crippen LogP) is -0.292. The summed E-state index contributed by atoms with van der Waals surface area (Å²) in [4.78, 5) is 23.1. The van der Waals surface area contributed by atoms with E-state index < -0.39 is 11.2 Å². The third kappa shape index (κ3) is 3.69. The van der Waals surface area contributed by atoms with Crippen LogP contribution in [0.25, 0.3) is 0 Å². The molecule has 7 heteroatoms. The third-order valence-corrected chi connectivity index (χ3v) is 2.50. The van der Waals surface area contributed by atoms with Crippen LogP contribution in [0.5, 0.6) is 0 Å². The molecule has 0 aliphatic rings. The Labute approximate surface area is 105 Å². The number of aryl methyl sites for hydroxylation is 1. The number of hydrogen-bond donors (Lipinski definition) is 1. The molecule has 1 aromatic heterocycles. The number of aromatic nitrogens is 3. The molecule has 18 heavy (non-hydrogen) atoms. The average molecular weight is 256 g/mol. The maximum Gasteiger partial charge on any atom is 0.346 e. The number of nitrogens with one attached hydrogen (secondary N) is 1. The summed E-state index contributed by atoms with van der Waals surface area (Å²) in [6.07, 6.45) is 2.12. The van der Waals surface area contributed by atoms with E-state index in [1.54, 1.807) is 0 Å². The number of rotatable bonds is 7. The maximum absolute atomic E-state index is 11.7. The highest BCUT2D eigenvalue weighted by Crippen LogP contribution is 1.90. The average Bonchev–Trinajstić information content (AvgIpc) is 2.37. The highest BCUT2D eigenvalue weighted by Gasteiger charge is 2.07. The van der Waals surface area contributed by atoms with Crippen LogP contribution in [0.15, 0.2) is 9.59 Å². The molecular weight excluding hydrogens is 236 g/mol. The normalized spacial score (nSPS) is 10.6. The Balaban J connectivity index is 2.53. The van der Waals surface area contributed by atoms with Gasteiger partial charge in [0, 0.05) is 27.2 Å². The van der Waals surface area contributed by atoms with Gasteiger partial charge in [-0.05, 0) is 6.42 Å². The predicted molar refractivity (Wildman–Crippen MR) is 68.9 cm³/mol. The van der Waals surface area contributed by atoms with E-state index in [0.29, 0.717) is 13.2 Å². The summed E-state index contributed by atoms with van der Waals surface area (Å²) in [5.41, 5.74) is -0.864. The van der Waals surface area contributed by atoms with Crippen LogP contribution < -0.4 is 16.6 Å². The molecule has 1 aromatic rings. The topological polar surface area (TPSA) is 78.2 Å². The van der Waals surface area contributed by atoms with Crippen molar-refractivity contribution in [2.75, 3.05) is 25.1 Å². The van der Waals surface area contributed by atoms with Crippen molar-refractivity contribution in [3.05, 3.63) is 20.8 Å². The van der Waals surface area contributed by atoms with Crippen molar-refractivity contribution in [3.63, 3.8) is 0 Å². The van der Waals surface area contributed by atoms with Crippen LogP contribution in [-0.4, -0.2) is 34.1 Å². The van der Waals surface area contributed by atoms with Crippen LogP contribution in [0.1, 0.15) is 19.8 Å². The molecule has 0 unspecified atom stereocenters. The quantitative estimate of drug-likeness (QED) is 0.678. The number of nitrogens with zero attached hydrogens (tertiary/aromatic N) is 3. The first kappa shape index (κ1) is 14.4. The van der Waals surface area contributed by atoms with E-state index in [1.807, 2.05) is 0 Å². The number of ether oxygens (including phenoxy) is 1.